The maximum atomic E-state index is 6.06. The number of halogens is 2. The smallest absolute Gasteiger partial charge is 0.227 e. The summed E-state index contributed by atoms with van der Waals surface area (Å²) >= 11 is 12.0. The molecule has 2 aromatic rings. The van der Waals surface area contributed by atoms with E-state index in [9.17, 15) is 0 Å². The molecule has 1 N–H and O–H groups in total. The van der Waals surface area contributed by atoms with Crippen LogP contribution in [-0.2, 0) is 13.0 Å². The minimum atomic E-state index is 0.572. The Labute approximate surface area is 109 Å². The van der Waals surface area contributed by atoms with Crippen molar-refractivity contribution < 1.29 is 4.52 Å². The molecule has 0 fully saturated rings. The zero-order chi connectivity index (χ0) is 12.1. The second kappa shape index (κ2) is 6.00. The zero-order valence-electron chi connectivity index (χ0n) is 8.99. The third kappa shape index (κ3) is 3.43. The van der Waals surface area contributed by atoms with E-state index < -0.39 is 0 Å². The number of hydrogen-bond donors (Lipinski definition) is 1. The molecule has 4 nitrogen and oxygen atoms in total. The lowest BCUT2D eigenvalue weighted by Crippen LogP contribution is -2.17. The van der Waals surface area contributed by atoms with Gasteiger partial charge in [-0.15, -0.1) is 0 Å². The van der Waals surface area contributed by atoms with Gasteiger partial charge in [-0.3, -0.25) is 0 Å². The molecule has 0 atom stereocenters. The van der Waals surface area contributed by atoms with Crippen LogP contribution in [-0.4, -0.2) is 16.7 Å². The Balaban J connectivity index is 1.80. The van der Waals surface area contributed by atoms with Crippen LogP contribution in [0.3, 0.4) is 0 Å². The van der Waals surface area contributed by atoms with Gasteiger partial charge in [0.15, 0.2) is 6.33 Å². The predicted octanol–water partition coefficient (Wildman–Crippen LogP) is 2.71. The third-order valence-electron chi connectivity index (χ3n) is 2.27. The summed E-state index contributed by atoms with van der Waals surface area (Å²) < 4.78 is 4.88. The first-order chi connectivity index (χ1) is 8.27. The maximum absolute atomic E-state index is 6.06. The summed E-state index contributed by atoms with van der Waals surface area (Å²) in [7, 11) is 0. The molecule has 17 heavy (non-hydrogen) atoms. The predicted molar refractivity (Wildman–Crippen MR) is 66.2 cm³/mol. The molecule has 2 rings (SSSR count). The Hall–Kier alpha value is -1.10. The molecule has 0 radical (unpaired) electrons. The highest BCUT2D eigenvalue weighted by atomic mass is 35.5. The molecule has 1 aromatic heterocycles. The van der Waals surface area contributed by atoms with E-state index in [2.05, 4.69) is 15.5 Å². The minimum absolute atomic E-state index is 0.572. The summed E-state index contributed by atoms with van der Waals surface area (Å²) in [6, 6.07) is 5.59. The van der Waals surface area contributed by atoms with Crippen LogP contribution in [0.1, 0.15) is 11.5 Å². The van der Waals surface area contributed by atoms with Gasteiger partial charge in [0, 0.05) is 19.5 Å². The summed E-state index contributed by atoms with van der Waals surface area (Å²) in [6.07, 6.45) is 2.08. The highest BCUT2D eigenvalue weighted by molar-refractivity contribution is 6.42. The number of benzene rings is 1. The first kappa shape index (κ1) is 12.4. The molecule has 0 aliphatic heterocycles. The van der Waals surface area contributed by atoms with Gasteiger partial charge < -0.3 is 9.84 Å². The van der Waals surface area contributed by atoms with Crippen LogP contribution in [0.15, 0.2) is 29.0 Å². The lowest BCUT2D eigenvalue weighted by Gasteiger charge is -2.06. The van der Waals surface area contributed by atoms with Crippen molar-refractivity contribution in [1.29, 1.82) is 0 Å². The van der Waals surface area contributed by atoms with Gasteiger partial charge >= 0.3 is 0 Å². The Kier molecular flexibility index (Phi) is 4.36. The van der Waals surface area contributed by atoms with Gasteiger partial charge in [0.2, 0.25) is 5.89 Å². The molecule has 0 saturated heterocycles. The lowest BCUT2D eigenvalue weighted by molar-refractivity contribution is 0.375. The molecular formula is C11H11Cl2N3O. The van der Waals surface area contributed by atoms with E-state index in [4.69, 9.17) is 27.7 Å². The molecule has 90 valence electrons. The van der Waals surface area contributed by atoms with Crippen LogP contribution in [0.25, 0.3) is 0 Å². The number of rotatable bonds is 5. The number of hydrogen-bond acceptors (Lipinski definition) is 4. The molecule has 1 aromatic carbocycles. The van der Waals surface area contributed by atoms with Crippen molar-refractivity contribution in [1.82, 2.24) is 15.5 Å². The summed E-state index contributed by atoms with van der Waals surface area (Å²) in [6.45, 7) is 1.40. The number of nitrogens with one attached hydrogen (secondary N) is 1. The van der Waals surface area contributed by atoms with E-state index in [1.807, 2.05) is 12.1 Å². The summed E-state index contributed by atoms with van der Waals surface area (Å²) in [5.41, 5.74) is 0.977. The number of nitrogens with zero attached hydrogens (tertiary/aromatic N) is 2. The van der Waals surface area contributed by atoms with Crippen LogP contribution in [0, 0.1) is 0 Å². The normalized spacial score (nSPS) is 10.7. The van der Waals surface area contributed by atoms with Crippen molar-refractivity contribution in [3.63, 3.8) is 0 Å². The maximum Gasteiger partial charge on any atom is 0.227 e. The largest absolute Gasteiger partial charge is 0.340 e. The number of aromatic nitrogens is 2. The van der Waals surface area contributed by atoms with Gasteiger partial charge in [-0.25, -0.2) is 0 Å². The van der Waals surface area contributed by atoms with Crippen molar-refractivity contribution >= 4 is 23.2 Å². The third-order valence-corrected chi connectivity index (χ3v) is 3.13. The topological polar surface area (TPSA) is 51.0 Å². The highest BCUT2D eigenvalue weighted by Gasteiger charge is 2.04. The molecule has 0 bridgehead atoms. The fourth-order valence-corrected chi connectivity index (χ4v) is 1.80. The SMILES string of the molecule is Clc1cccc(CNCCc2ncno2)c1Cl. The van der Waals surface area contributed by atoms with Gasteiger partial charge in [0.1, 0.15) is 0 Å². The second-order valence-corrected chi connectivity index (χ2v) is 4.26. The van der Waals surface area contributed by atoms with Crippen LogP contribution >= 0.6 is 23.2 Å². The fraction of sp³-hybridized carbons (Fsp3) is 0.273. The van der Waals surface area contributed by atoms with Crippen molar-refractivity contribution in [3.8, 4) is 0 Å². The molecule has 0 unspecified atom stereocenters. The van der Waals surface area contributed by atoms with Crippen molar-refractivity contribution in [2.24, 2.45) is 0 Å². The van der Waals surface area contributed by atoms with Gasteiger partial charge in [-0.1, -0.05) is 40.5 Å². The van der Waals surface area contributed by atoms with E-state index in [-0.39, 0.29) is 0 Å². The average molecular weight is 272 g/mol. The lowest BCUT2D eigenvalue weighted by atomic mass is 10.2. The van der Waals surface area contributed by atoms with Gasteiger partial charge in [0.05, 0.1) is 10.0 Å². The van der Waals surface area contributed by atoms with Gasteiger partial charge in [-0.05, 0) is 11.6 Å². The van der Waals surface area contributed by atoms with E-state index in [0.29, 0.717) is 28.9 Å². The summed E-state index contributed by atoms with van der Waals surface area (Å²) in [4.78, 5) is 3.93. The molecule has 0 aliphatic carbocycles. The molecule has 0 saturated carbocycles. The Bertz CT molecular complexity index is 474. The Morgan fingerprint density at radius 3 is 2.94 bits per heavy atom. The van der Waals surface area contributed by atoms with Crippen molar-refractivity contribution in [2.75, 3.05) is 6.54 Å². The quantitative estimate of drug-likeness (QED) is 0.850. The van der Waals surface area contributed by atoms with Crippen LogP contribution < -0.4 is 5.32 Å². The van der Waals surface area contributed by atoms with E-state index in [1.165, 1.54) is 6.33 Å². The standard InChI is InChI=1S/C11H11Cl2N3O/c12-9-3-1-2-8(11(9)13)6-14-5-4-10-15-7-16-17-10/h1-3,7,14H,4-6H2. The highest BCUT2D eigenvalue weighted by Crippen LogP contribution is 2.25. The first-order valence-electron chi connectivity index (χ1n) is 5.16. The fourth-order valence-electron chi connectivity index (χ4n) is 1.41. The molecule has 1 heterocycles. The minimum Gasteiger partial charge on any atom is -0.340 e. The molecule has 0 spiro atoms. The van der Waals surface area contributed by atoms with Crippen LogP contribution in [0.5, 0.6) is 0 Å². The van der Waals surface area contributed by atoms with Crippen LogP contribution in [0.2, 0.25) is 10.0 Å². The summed E-state index contributed by atoms with van der Waals surface area (Å²) in [5, 5.41) is 7.94. The van der Waals surface area contributed by atoms with E-state index in [0.717, 1.165) is 12.1 Å². The van der Waals surface area contributed by atoms with E-state index >= 15 is 0 Å². The molecule has 0 amide bonds. The molecular weight excluding hydrogens is 261 g/mol. The van der Waals surface area contributed by atoms with Gasteiger partial charge in [0.25, 0.3) is 0 Å². The average Bonchev–Trinajstić information content (AvgIpc) is 2.83. The van der Waals surface area contributed by atoms with Crippen molar-refractivity contribution in [2.45, 2.75) is 13.0 Å². The van der Waals surface area contributed by atoms with Crippen molar-refractivity contribution in [3.05, 3.63) is 46.0 Å². The monoisotopic (exact) mass is 271 g/mol. The molecule has 6 heteroatoms. The first-order valence-corrected chi connectivity index (χ1v) is 5.92. The molecule has 0 aliphatic rings. The van der Waals surface area contributed by atoms with Gasteiger partial charge in [-0.2, -0.15) is 4.98 Å². The summed E-state index contributed by atoms with van der Waals surface area (Å²) in [5.74, 6) is 0.620. The second-order valence-electron chi connectivity index (χ2n) is 3.47. The Morgan fingerprint density at radius 2 is 2.18 bits per heavy atom. The zero-order valence-corrected chi connectivity index (χ0v) is 10.5. The van der Waals surface area contributed by atoms with Crippen LogP contribution in [0.4, 0.5) is 0 Å². The Morgan fingerprint density at radius 1 is 1.29 bits per heavy atom. The van der Waals surface area contributed by atoms with E-state index in [1.54, 1.807) is 6.07 Å².